The molecule has 0 saturated carbocycles. The highest BCUT2D eigenvalue weighted by Gasteiger charge is 2.15. The summed E-state index contributed by atoms with van der Waals surface area (Å²) < 4.78 is 6.21. The molecule has 1 aliphatic rings. The fourth-order valence-corrected chi connectivity index (χ4v) is 2.63. The van der Waals surface area contributed by atoms with E-state index in [0.717, 1.165) is 13.2 Å². The van der Waals surface area contributed by atoms with Crippen LogP contribution >= 0.6 is 11.6 Å². The topological polar surface area (TPSA) is 163 Å². The molecule has 1 saturated heterocycles. The number of nitrogens with one attached hydrogen (secondary N) is 1. The summed E-state index contributed by atoms with van der Waals surface area (Å²) in [5.41, 5.74) is 11.7. The second-order valence-electron chi connectivity index (χ2n) is 5.78. The number of primary amides is 1. The SMILES string of the molecule is C1CCOC1.NC(=O)c1cnn2c(N)cc(Nc3cc(Cl)cnc3N=O)nc12. The van der Waals surface area contributed by atoms with Crippen LogP contribution in [0.3, 0.4) is 0 Å². The lowest BCUT2D eigenvalue weighted by Gasteiger charge is -2.09. The maximum Gasteiger partial charge on any atom is 0.254 e. The van der Waals surface area contributed by atoms with Crippen molar-refractivity contribution < 1.29 is 9.53 Å². The molecule has 28 heavy (non-hydrogen) atoms. The quantitative estimate of drug-likeness (QED) is 0.558. The molecule has 0 radical (unpaired) electrons. The van der Waals surface area contributed by atoms with E-state index in [2.05, 4.69) is 25.6 Å². The molecule has 5 N–H and O–H groups in total. The van der Waals surface area contributed by atoms with Crippen LogP contribution in [0.1, 0.15) is 23.2 Å². The van der Waals surface area contributed by atoms with Crippen LogP contribution < -0.4 is 16.8 Å². The molecule has 3 aromatic heterocycles. The molecular weight excluding hydrogens is 388 g/mol. The van der Waals surface area contributed by atoms with Gasteiger partial charge in [-0.3, -0.25) is 4.79 Å². The average molecular weight is 405 g/mol. The first-order valence-corrected chi connectivity index (χ1v) is 8.65. The van der Waals surface area contributed by atoms with Crippen molar-refractivity contribution in [3.8, 4) is 0 Å². The number of nitroso groups, excluding NO2 is 1. The minimum Gasteiger partial charge on any atom is -0.383 e. The van der Waals surface area contributed by atoms with Crippen molar-refractivity contribution in [2.45, 2.75) is 12.8 Å². The van der Waals surface area contributed by atoms with Crippen molar-refractivity contribution in [2.75, 3.05) is 24.3 Å². The third-order valence-corrected chi connectivity index (χ3v) is 3.98. The van der Waals surface area contributed by atoms with E-state index in [4.69, 9.17) is 27.8 Å². The van der Waals surface area contributed by atoms with Crippen LogP contribution in [0.2, 0.25) is 5.02 Å². The van der Waals surface area contributed by atoms with E-state index < -0.39 is 5.91 Å². The number of halogens is 1. The van der Waals surface area contributed by atoms with Gasteiger partial charge in [0.1, 0.15) is 17.2 Å². The second-order valence-corrected chi connectivity index (χ2v) is 6.22. The van der Waals surface area contributed by atoms with E-state index in [-0.39, 0.29) is 34.4 Å². The third-order valence-electron chi connectivity index (χ3n) is 3.77. The van der Waals surface area contributed by atoms with Gasteiger partial charge in [0.2, 0.25) is 5.82 Å². The van der Waals surface area contributed by atoms with Crippen molar-refractivity contribution >= 4 is 46.3 Å². The highest BCUT2D eigenvalue weighted by atomic mass is 35.5. The summed E-state index contributed by atoms with van der Waals surface area (Å²) in [4.78, 5) is 30.2. The number of nitrogen functional groups attached to an aromatic ring is 1. The molecule has 0 spiro atoms. The number of rotatable bonds is 4. The van der Waals surface area contributed by atoms with E-state index in [0.29, 0.717) is 5.02 Å². The van der Waals surface area contributed by atoms with Crippen LogP contribution in [-0.4, -0.2) is 38.7 Å². The predicted octanol–water partition coefficient (Wildman–Crippen LogP) is 2.40. The van der Waals surface area contributed by atoms with Gasteiger partial charge in [-0.05, 0) is 24.1 Å². The van der Waals surface area contributed by atoms with Crippen molar-refractivity contribution in [1.82, 2.24) is 19.6 Å². The van der Waals surface area contributed by atoms with Crippen molar-refractivity contribution in [3.63, 3.8) is 0 Å². The van der Waals surface area contributed by atoms with Crippen molar-refractivity contribution in [1.29, 1.82) is 0 Å². The summed E-state index contributed by atoms with van der Waals surface area (Å²) in [6, 6.07) is 2.92. The Balaban J connectivity index is 0.000000391. The molecular formula is C16H17ClN8O3. The molecule has 1 amide bonds. The lowest BCUT2D eigenvalue weighted by molar-refractivity contribution is 0.100. The van der Waals surface area contributed by atoms with E-state index in [1.54, 1.807) is 0 Å². The first-order chi connectivity index (χ1) is 13.5. The van der Waals surface area contributed by atoms with E-state index in [1.165, 1.54) is 41.9 Å². The average Bonchev–Trinajstić information content (AvgIpc) is 3.35. The standard InChI is InChI=1S/C12H9ClN8O2.C4H8O/c13-5-1-7(11(20-23)16-3-5)18-9-2-8(14)21-12(19-9)6(4-17-21)10(15)22;1-2-4-5-3-1/h1-4H,14H2,(H2,15,22)(H,18,19);1-4H2. The molecule has 4 rings (SSSR count). The number of carbonyl (C=O) groups excluding carboxylic acids is 1. The van der Waals surface area contributed by atoms with Crippen molar-refractivity contribution in [2.24, 2.45) is 10.9 Å². The van der Waals surface area contributed by atoms with Crippen LogP contribution in [0.25, 0.3) is 5.65 Å². The molecule has 1 fully saturated rings. The highest BCUT2D eigenvalue weighted by molar-refractivity contribution is 6.30. The number of pyridine rings is 1. The normalized spacial score (nSPS) is 13.0. The Morgan fingerprint density at radius 3 is 2.64 bits per heavy atom. The fourth-order valence-electron chi connectivity index (χ4n) is 2.47. The van der Waals surface area contributed by atoms with Gasteiger partial charge in [0.25, 0.3) is 5.91 Å². The molecule has 0 bridgehead atoms. The highest BCUT2D eigenvalue weighted by Crippen LogP contribution is 2.28. The molecule has 1 aliphatic heterocycles. The van der Waals surface area contributed by atoms with Gasteiger partial charge in [0, 0.05) is 25.5 Å². The third kappa shape index (κ3) is 4.32. The number of ether oxygens (including phenoxy) is 1. The van der Waals surface area contributed by atoms with Gasteiger partial charge in [-0.1, -0.05) is 11.6 Å². The maximum atomic E-state index is 11.4. The largest absolute Gasteiger partial charge is 0.383 e. The molecule has 0 atom stereocenters. The Bertz CT molecular complexity index is 1010. The Labute approximate surface area is 164 Å². The summed E-state index contributed by atoms with van der Waals surface area (Å²) in [7, 11) is 0. The zero-order chi connectivity index (χ0) is 20.1. The molecule has 12 heteroatoms. The first-order valence-electron chi connectivity index (χ1n) is 8.27. The Kier molecular flexibility index (Phi) is 5.96. The van der Waals surface area contributed by atoms with E-state index >= 15 is 0 Å². The maximum absolute atomic E-state index is 11.4. The molecule has 11 nitrogen and oxygen atoms in total. The molecule has 0 aromatic carbocycles. The smallest absolute Gasteiger partial charge is 0.254 e. The molecule has 0 unspecified atom stereocenters. The number of nitrogens with zero attached hydrogens (tertiary/aromatic N) is 5. The summed E-state index contributed by atoms with van der Waals surface area (Å²) in [5, 5.41) is 9.86. The van der Waals surface area contributed by atoms with Crippen LogP contribution in [-0.2, 0) is 4.74 Å². The minimum absolute atomic E-state index is 0.0988. The Morgan fingerprint density at radius 1 is 1.29 bits per heavy atom. The van der Waals surface area contributed by atoms with Crippen molar-refractivity contribution in [3.05, 3.63) is 40.0 Å². The summed E-state index contributed by atoms with van der Waals surface area (Å²) in [6.07, 6.45) is 5.11. The predicted molar refractivity (Wildman–Crippen MR) is 104 cm³/mol. The lowest BCUT2D eigenvalue weighted by atomic mass is 10.3. The molecule has 146 valence electrons. The Morgan fingerprint density at radius 2 is 2.04 bits per heavy atom. The van der Waals surface area contributed by atoms with Gasteiger partial charge in [-0.15, -0.1) is 4.91 Å². The van der Waals surface area contributed by atoms with Gasteiger partial charge in [-0.25, -0.2) is 9.97 Å². The van der Waals surface area contributed by atoms with Gasteiger partial charge >= 0.3 is 0 Å². The Hall–Kier alpha value is -3.31. The number of amides is 1. The molecule has 0 aliphatic carbocycles. The van der Waals surface area contributed by atoms with Gasteiger partial charge in [-0.2, -0.15) is 9.61 Å². The first kappa shape index (κ1) is 19.5. The van der Waals surface area contributed by atoms with Gasteiger partial charge in [0.05, 0.1) is 16.9 Å². The fraction of sp³-hybridized carbons (Fsp3) is 0.250. The van der Waals surface area contributed by atoms with Crippen LogP contribution in [0, 0.1) is 4.91 Å². The number of anilines is 3. The molecule has 3 aromatic rings. The zero-order valence-corrected chi connectivity index (χ0v) is 15.4. The number of fused-ring (bicyclic) bond motifs is 1. The van der Waals surface area contributed by atoms with E-state index in [1.807, 2.05) is 0 Å². The van der Waals surface area contributed by atoms with Crippen LogP contribution in [0.4, 0.5) is 23.1 Å². The van der Waals surface area contributed by atoms with Gasteiger partial charge in [0.15, 0.2) is 5.65 Å². The lowest BCUT2D eigenvalue weighted by Crippen LogP contribution is -2.12. The minimum atomic E-state index is -0.691. The summed E-state index contributed by atoms with van der Waals surface area (Å²) in [6.45, 7) is 2.00. The summed E-state index contributed by atoms with van der Waals surface area (Å²) in [5.74, 6) is -0.338. The van der Waals surface area contributed by atoms with Gasteiger partial charge < -0.3 is 21.5 Å². The number of aromatic nitrogens is 4. The second kappa shape index (κ2) is 8.59. The number of nitrogens with two attached hydrogens (primary N) is 2. The summed E-state index contributed by atoms with van der Waals surface area (Å²) >= 11 is 5.85. The molecule has 4 heterocycles. The number of carbonyl (C=O) groups is 1. The number of hydrogen-bond acceptors (Lipinski definition) is 9. The van der Waals surface area contributed by atoms with Crippen LogP contribution in [0.5, 0.6) is 0 Å². The number of hydrogen-bond donors (Lipinski definition) is 3. The van der Waals surface area contributed by atoms with Crippen LogP contribution in [0.15, 0.2) is 29.7 Å². The monoisotopic (exact) mass is 404 g/mol. The van der Waals surface area contributed by atoms with E-state index in [9.17, 15) is 9.70 Å². The zero-order valence-electron chi connectivity index (χ0n) is 14.6.